The highest BCUT2D eigenvalue weighted by Crippen LogP contribution is 2.28. The predicted molar refractivity (Wildman–Crippen MR) is 156 cm³/mol. The van der Waals surface area contributed by atoms with Crippen LogP contribution >= 0.6 is 0 Å². The van der Waals surface area contributed by atoms with E-state index < -0.39 is 6.04 Å². The van der Waals surface area contributed by atoms with Crippen molar-refractivity contribution >= 4 is 29.1 Å². The van der Waals surface area contributed by atoms with Crippen molar-refractivity contribution in [3.05, 3.63) is 78.9 Å². The Bertz CT molecular complexity index is 1340. The fraction of sp³-hybridized carbons (Fsp3) is 0.323. The number of para-hydroxylation sites is 3. The van der Waals surface area contributed by atoms with Crippen molar-refractivity contribution in [3.8, 4) is 17.2 Å². The molecule has 2 heterocycles. The Balaban J connectivity index is 1.13. The van der Waals surface area contributed by atoms with Crippen molar-refractivity contribution in [1.29, 1.82) is 0 Å². The molecule has 0 bridgehead atoms. The highest BCUT2D eigenvalue weighted by molar-refractivity contribution is 5.97. The van der Waals surface area contributed by atoms with Crippen LogP contribution in [0.25, 0.3) is 0 Å². The summed E-state index contributed by atoms with van der Waals surface area (Å²) >= 11 is 0. The zero-order chi connectivity index (χ0) is 28.6. The molecule has 0 unspecified atom stereocenters. The number of methoxy groups -OCH3 is 1. The van der Waals surface area contributed by atoms with E-state index in [0.29, 0.717) is 37.6 Å². The number of nitrogens with one attached hydrogen (secondary N) is 2. The van der Waals surface area contributed by atoms with E-state index >= 15 is 0 Å². The molecule has 1 atom stereocenters. The minimum Gasteiger partial charge on any atom is -0.495 e. The lowest BCUT2D eigenvalue weighted by atomic mass is 10.1. The molecule has 3 amide bonds. The number of benzene rings is 3. The van der Waals surface area contributed by atoms with Gasteiger partial charge in [-0.3, -0.25) is 19.3 Å². The van der Waals surface area contributed by atoms with Gasteiger partial charge in [0.1, 0.15) is 23.3 Å². The van der Waals surface area contributed by atoms with Gasteiger partial charge in [0.15, 0.2) is 0 Å². The van der Waals surface area contributed by atoms with E-state index in [1.54, 1.807) is 36.3 Å². The molecule has 10 heteroatoms. The number of nitrogens with zero attached hydrogens (tertiary/aromatic N) is 3. The van der Waals surface area contributed by atoms with Crippen LogP contribution < -0.4 is 25.0 Å². The molecule has 2 aliphatic heterocycles. The van der Waals surface area contributed by atoms with Crippen LogP contribution in [0.15, 0.2) is 78.9 Å². The summed E-state index contributed by atoms with van der Waals surface area (Å²) in [6.45, 7) is 3.87. The normalized spacial score (nSPS) is 17.5. The number of rotatable bonds is 9. The summed E-state index contributed by atoms with van der Waals surface area (Å²) in [4.78, 5) is 44.8. The van der Waals surface area contributed by atoms with Gasteiger partial charge in [0.2, 0.25) is 17.7 Å². The van der Waals surface area contributed by atoms with Gasteiger partial charge in [-0.05, 0) is 48.5 Å². The van der Waals surface area contributed by atoms with Crippen LogP contribution in [-0.2, 0) is 14.4 Å². The van der Waals surface area contributed by atoms with Gasteiger partial charge in [-0.25, -0.2) is 0 Å². The van der Waals surface area contributed by atoms with E-state index in [-0.39, 0.29) is 30.7 Å². The first kappa shape index (κ1) is 28.0. The molecule has 3 aromatic carbocycles. The number of amides is 3. The van der Waals surface area contributed by atoms with Gasteiger partial charge in [0.25, 0.3) is 0 Å². The molecule has 2 aliphatic rings. The van der Waals surface area contributed by atoms with Crippen LogP contribution in [0.1, 0.15) is 6.42 Å². The van der Waals surface area contributed by atoms with E-state index in [4.69, 9.17) is 9.47 Å². The minimum absolute atomic E-state index is 0.124. The number of hydrogen-bond acceptors (Lipinski definition) is 7. The molecule has 214 valence electrons. The number of anilines is 2. The number of carbonyl (C=O) groups excluding carboxylic acids is 3. The Morgan fingerprint density at radius 1 is 0.878 bits per heavy atom. The van der Waals surface area contributed by atoms with Crippen LogP contribution in [0.4, 0.5) is 11.4 Å². The third-order valence-corrected chi connectivity index (χ3v) is 7.30. The highest BCUT2D eigenvalue weighted by Gasteiger charge is 2.35. The second-order valence-corrected chi connectivity index (χ2v) is 10.0. The largest absolute Gasteiger partial charge is 0.495 e. The van der Waals surface area contributed by atoms with Crippen LogP contribution in [0.3, 0.4) is 0 Å². The summed E-state index contributed by atoms with van der Waals surface area (Å²) in [6.07, 6.45) is -0.124. The van der Waals surface area contributed by atoms with Gasteiger partial charge >= 0.3 is 0 Å². The summed E-state index contributed by atoms with van der Waals surface area (Å²) in [7, 11) is 1.66. The molecule has 0 aromatic heterocycles. The third-order valence-electron chi connectivity index (χ3n) is 7.30. The number of hydrogen-bond donors (Lipinski definition) is 2. The fourth-order valence-corrected chi connectivity index (χ4v) is 5.15. The lowest BCUT2D eigenvalue weighted by Gasteiger charge is -2.39. The monoisotopic (exact) mass is 557 g/mol. The fourth-order valence-electron chi connectivity index (χ4n) is 5.15. The maximum atomic E-state index is 13.3. The molecule has 10 nitrogen and oxygen atoms in total. The SMILES string of the molecule is COc1ccccc1N1CCN(CC(=O)N2CCNC(=O)[C@@H]2CC(=O)Nc2ccc(Oc3ccccc3)cc2)CC1. The topological polar surface area (TPSA) is 103 Å². The van der Waals surface area contributed by atoms with Gasteiger partial charge in [-0.1, -0.05) is 30.3 Å². The first-order chi connectivity index (χ1) is 20.0. The van der Waals surface area contributed by atoms with E-state index in [0.717, 1.165) is 30.3 Å². The lowest BCUT2D eigenvalue weighted by Crippen LogP contribution is -2.60. The quantitative estimate of drug-likeness (QED) is 0.417. The zero-order valence-electron chi connectivity index (χ0n) is 23.1. The van der Waals surface area contributed by atoms with Crippen LogP contribution in [-0.4, -0.2) is 86.5 Å². The molecule has 41 heavy (non-hydrogen) atoms. The summed E-state index contributed by atoms with van der Waals surface area (Å²) in [5.41, 5.74) is 1.62. The second-order valence-electron chi connectivity index (χ2n) is 10.0. The molecule has 0 aliphatic carbocycles. The molecule has 0 saturated carbocycles. The van der Waals surface area contributed by atoms with Crippen LogP contribution in [0.2, 0.25) is 0 Å². The number of ether oxygens (including phenoxy) is 2. The van der Waals surface area contributed by atoms with Gasteiger partial charge < -0.3 is 29.9 Å². The average Bonchev–Trinajstić information content (AvgIpc) is 3.00. The molecule has 3 aromatic rings. The summed E-state index contributed by atoms with van der Waals surface area (Å²) < 4.78 is 11.3. The molecule has 0 spiro atoms. The van der Waals surface area contributed by atoms with Gasteiger partial charge in [-0.2, -0.15) is 0 Å². The number of piperazine rings is 2. The standard InChI is InChI=1S/C31H35N5O5/c1-40-28-10-6-5-9-26(28)35-19-17-34(18-20-35)22-30(38)36-16-15-32-31(39)27(36)21-29(37)33-23-11-13-25(14-12-23)41-24-7-3-2-4-8-24/h2-14,27H,15-22H2,1H3,(H,32,39)(H,33,37)/t27-/m0/s1. The summed E-state index contributed by atoms with van der Waals surface area (Å²) in [5.74, 6) is 1.39. The molecule has 2 N–H and O–H groups in total. The van der Waals surface area contributed by atoms with Gasteiger partial charge in [0, 0.05) is 45.0 Å². The van der Waals surface area contributed by atoms with Crippen molar-refractivity contribution in [3.63, 3.8) is 0 Å². The predicted octanol–water partition coefficient (Wildman–Crippen LogP) is 2.97. The number of carbonyl (C=O) groups is 3. The molecule has 2 saturated heterocycles. The Morgan fingerprint density at radius 2 is 1.56 bits per heavy atom. The molecule has 5 rings (SSSR count). The first-order valence-corrected chi connectivity index (χ1v) is 13.8. The van der Waals surface area contributed by atoms with Crippen molar-refractivity contribution < 1.29 is 23.9 Å². The average molecular weight is 558 g/mol. The molecule has 2 fully saturated rings. The van der Waals surface area contributed by atoms with E-state index in [2.05, 4.69) is 20.4 Å². The van der Waals surface area contributed by atoms with E-state index in [9.17, 15) is 14.4 Å². The van der Waals surface area contributed by atoms with Gasteiger partial charge in [-0.15, -0.1) is 0 Å². The molecular formula is C31H35N5O5. The Morgan fingerprint density at radius 3 is 2.29 bits per heavy atom. The smallest absolute Gasteiger partial charge is 0.243 e. The van der Waals surface area contributed by atoms with Gasteiger partial charge in [0.05, 0.1) is 25.8 Å². The van der Waals surface area contributed by atoms with E-state index in [1.165, 1.54) is 0 Å². The Labute approximate surface area is 239 Å². The van der Waals surface area contributed by atoms with Crippen molar-refractivity contribution in [2.75, 3.05) is 63.1 Å². The lowest BCUT2D eigenvalue weighted by molar-refractivity contribution is -0.145. The Kier molecular flexibility index (Phi) is 9.00. The van der Waals surface area contributed by atoms with Crippen molar-refractivity contribution in [1.82, 2.24) is 15.1 Å². The molecule has 0 radical (unpaired) electrons. The van der Waals surface area contributed by atoms with Crippen molar-refractivity contribution in [2.45, 2.75) is 12.5 Å². The first-order valence-electron chi connectivity index (χ1n) is 13.8. The zero-order valence-corrected chi connectivity index (χ0v) is 23.1. The summed E-state index contributed by atoms with van der Waals surface area (Å²) in [5, 5.41) is 5.63. The van der Waals surface area contributed by atoms with Crippen molar-refractivity contribution in [2.24, 2.45) is 0 Å². The molecular weight excluding hydrogens is 522 g/mol. The summed E-state index contributed by atoms with van der Waals surface area (Å²) in [6, 6.07) is 23.5. The van der Waals surface area contributed by atoms with Crippen LogP contribution in [0.5, 0.6) is 17.2 Å². The second kappa shape index (κ2) is 13.2. The maximum Gasteiger partial charge on any atom is 0.243 e. The third kappa shape index (κ3) is 7.15. The minimum atomic E-state index is -0.855. The van der Waals surface area contributed by atoms with Crippen LogP contribution in [0, 0.1) is 0 Å². The Hall–Kier alpha value is -4.57. The maximum absolute atomic E-state index is 13.3. The highest BCUT2D eigenvalue weighted by atomic mass is 16.5. The van der Waals surface area contributed by atoms with E-state index in [1.807, 2.05) is 54.6 Å².